The number of rotatable bonds is 5. The van der Waals surface area contributed by atoms with E-state index in [1.165, 1.54) is 6.07 Å². The van der Waals surface area contributed by atoms with Gasteiger partial charge in [0.1, 0.15) is 17.2 Å². The fourth-order valence-electron chi connectivity index (χ4n) is 4.32. The number of benzene rings is 1. The third-order valence-corrected chi connectivity index (χ3v) is 6.15. The van der Waals surface area contributed by atoms with Crippen LogP contribution in [0.2, 0.25) is 0 Å². The largest absolute Gasteiger partial charge is 0.479 e. The zero-order valence-electron chi connectivity index (χ0n) is 19.2. The van der Waals surface area contributed by atoms with E-state index in [1.807, 2.05) is 28.8 Å². The van der Waals surface area contributed by atoms with Gasteiger partial charge in [0, 0.05) is 56.6 Å². The van der Waals surface area contributed by atoms with Gasteiger partial charge in [0.15, 0.2) is 0 Å². The lowest BCUT2D eigenvalue weighted by molar-refractivity contribution is -0.130. The summed E-state index contributed by atoms with van der Waals surface area (Å²) in [6.45, 7) is 7.18. The second kappa shape index (κ2) is 9.44. The number of amides is 1. The summed E-state index contributed by atoms with van der Waals surface area (Å²) in [5.41, 5.74) is 3.52. The number of methoxy groups -OCH3 is 1. The molecule has 0 atom stereocenters. The molecule has 0 aliphatic carbocycles. The maximum absolute atomic E-state index is 14.7. The fraction of sp³-hybridized carbons (Fsp3) is 0.320. The summed E-state index contributed by atoms with van der Waals surface area (Å²) in [5, 5.41) is 0. The molecule has 1 aliphatic heterocycles. The maximum atomic E-state index is 14.7. The van der Waals surface area contributed by atoms with Crippen molar-refractivity contribution in [3.63, 3.8) is 0 Å². The Kier molecular flexibility index (Phi) is 6.44. The quantitative estimate of drug-likeness (QED) is 0.434. The molecule has 0 saturated carbocycles. The first-order valence-corrected chi connectivity index (χ1v) is 10.9. The average molecular weight is 450 g/mol. The number of ether oxygens (including phenoxy) is 1. The third-order valence-electron chi connectivity index (χ3n) is 6.15. The summed E-state index contributed by atoms with van der Waals surface area (Å²) >= 11 is 0. The fourth-order valence-corrected chi connectivity index (χ4v) is 4.32. The van der Waals surface area contributed by atoms with Crippen molar-refractivity contribution in [1.29, 1.82) is 0 Å². The van der Waals surface area contributed by atoms with Crippen LogP contribution in [0.15, 0.2) is 66.1 Å². The number of carbonyl (C=O) groups excluding carboxylic acids is 1. The Balaban J connectivity index is 1.72. The molecule has 2 aromatic heterocycles. The lowest BCUT2D eigenvalue weighted by Crippen LogP contribution is -2.37. The minimum atomic E-state index is -0.326. The highest BCUT2D eigenvalue weighted by molar-refractivity contribution is 6.00. The average Bonchev–Trinajstić information content (AvgIpc) is 2.83. The molecule has 0 spiro atoms. The topological polar surface area (TPSA) is 64.7 Å². The van der Waals surface area contributed by atoms with Gasteiger partial charge in [-0.1, -0.05) is 18.7 Å². The molecule has 0 N–H and O–H groups in total. The van der Waals surface area contributed by atoms with Crippen LogP contribution in [0, 0.1) is 11.7 Å². The van der Waals surface area contributed by atoms with Gasteiger partial charge in [-0.15, -0.1) is 0 Å². The van der Waals surface area contributed by atoms with Crippen molar-refractivity contribution in [2.24, 2.45) is 18.0 Å². The monoisotopic (exact) mass is 449 g/mol. The number of para-hydroxylation sites is 1. The van der Waals surface area contributed by atoms with Crippen LogP contribution in [0.5, 0.6) is 0 Å². The number of hydrogen-bond acceptors (Lipinski definition) is 4. The standard InChI is InChI=1S/C25H28FN5O2/c1-17(19-11-15-30(16-12-19)18(2)32)28-25(33-4)24-23(20-9-13-27-14-10-20)31(29(24)3)22-8-6-5-7-21(22)26/h5-10,13-14,19H,1,11-12,15-16H2,2-4H3. The van der Waals surface area contributed by atoms with Gasteiger partial charge >= 0.3 is 0 Å². The number of aliphatic imine (C=N–C) groups is 1. The van der Waals surface area contributed by atoms with Crippen molar-refractivity contribution in [3.05, 3.63) is 72.6 Å². The number of allylic oxidation sites excluding steroid dienone is 1. The van der Waals surface area contributed by atoms with Crippen LogP contribution in [0.25, 0.3) is 16.9 Å². The molecule has 3 aromatic rings. The van der Waals surface area contributed by atoms with Crippen LogP contribution in [0.4, 0.5) is 4.39 Å². The third kappa shape index (κ3) is 4.33. The van der Waals surface area contributed by atoms with Crippen LogP contribution < -0.4 is 0 Å². The zero-order chi connectivity index (χ0) is 23.5. The summed E-state index contributed by atoms with van der Waals surface area (Å²) < 4.78 is 24.0. The van der Waals surface area contributed by atoms with Crippen LogP contribution >= 0.6 is 0 Å². The molecule has 8 heteroatoms. The van der Waals surface area contributed by atoms with E-state index in [2.05, 4.69) is 11.6 Å². The SMILES string of the molecule is C=C(N=C(OC)c1c(-c2ccncc2)n(-c2ccccc2F)n1C)C1CCN(C(C)=O)CC1. The summed E-state index contributed by atoms with van der Waals surface area (Å²) in [4.78, 5) is 22.3. The first-order chi connectivity index (χ1) is 15.9. The number of nitrogens with zero attached hydrogens (tertiary/aromatic N) is 5. The Morgan fingerprint density at radius 2 is 1.85 bits per heavy atom. The molecule has 0 bridgehead atoms. The zero-order valence-corrected chi connectivity index (χ0v) is 19.2. The predicted octanol–water partition coefficient (Wildman–Crippen LogP) is 4.18. The van der Waals surface area contributed by atoms with Gasteiger partial charge in [0.25, 0.3) is 0 Å². The first kappa shape index (κ1) is 22.5. The highest BCUT2D eigenvalue weighted by Gasteiger charge is 2.29. The molecule has 3 heterocycles. The number of piperidine rings is 1. The number of carbonyl (C=O) groups is 1. The molecule has 4 rings (SSSR count). The molecular weight excluding hydrogens is 421 g/mol. The highest BCUT2D eigenvalue weighted by Crippen LogP contribution is 2.33. The smallest absolute Gasteiger partial charge is 0.241 e. The molecule has 1 aromatic carbocycles. The Bertz CT molecular complexity index is 1190. The van der Waals surface area contributed by atoms with Gasteiger partial charge in [0.2, 0.25) is 11.8 Å². The molecule has 1 amide bonds. The molecule has 0 unspecified atom stereocenters. The molecule has 33 heavy (non-hydrogen) atoms. The van der Waals surface area contributed by atoms with E-state index < -0.39 is 0 Å². The Labute approximate surface area is 192 Å². The Morgan fingerprint density at radius 3 is 2.45 bits per heavy atom. The van der Waals surface area contributed by atoms with Crippen LogP contribution in [-0.4, -0.2) is 51.3 Å². The molecule has 1 saturated heterocycles. The van der Waals surface area contributed by atoms with E-state index >= 15 is 0 Å². The van der Waals surface area contributed by atoms with Crippen molar-refractivity contribution in [1.82, 2.24) is 19.2 Å². The van der Waals surface area contributed by atoms with Crippen molar-refractivity contribution in [2.75, 3.05) is 20.2 Å². The number of aromatic nitrogens is 3. The van der Waals surface area contributed by atoms with E-state index in [4.69, 9.17) is 9.73 Å². The lowest BCUT2D eigenvalue weighted by atomic mass is 9.94. The normalized spacial score (nSPS) is 15.0. The van der Waals surface area contributed by atoms with Crippen molar-refractivity contribution in [3.8, 4) is 16.9 Å². The second-order valence-corrected chi connectivity index (χ2v) is 8.11. The minimum Gasteiger partial charge on any atom is -0.479 e. The van der Waals surface area contributed by atoms with E-state index in [9.17, 15) is 9.18 Å². The highest BCUT2D eigenvalue weighted by atomic mass is 19.1. The molecule has 172 valence electrons. The number of halogens is 1. The van der Waals surface area contributed by atoms with Gasteiger partial charge in [-0.3, -0.25) is 14.5 Å². The van der Waals surface area contributed by atoms with E-state index in [-0.39, 0.29) is 17.6 Å². The molecule has 0 radical (unpaired) electrons. The molecule has 1 aliphatic rings. The van der Waals surface area contributed by atoms with Gasteiger partial charge < -0.3 is 9.64 Å². The van der Waals surface area contributed by atoms with Crippen LogP contribution in [-0.2, 0) is 16.6 Å². The van der Waals surface area contributed by atoms with Crippen molar-refractivity contribution >= 4 is 11.8 Å². The van der Waals surface area contributed by atoms with Gasteiger partial charge in [0.05, 0.1) is 12.8 Å². The van der Waals surface area contributed by atoms with E-state index in [0.29, 0.717) is 24.7 Å². The number of hydrogen-bond donors (Lipinski definition) is 0. The van der Waals surface area contributed by atoms with E-state index in [0.717, 1.165) is 35.5 Å². The first-order valence-electron chi connectivity index (χ1n) is 10.9. The predicted molar refractivity (Wildman–Crippen MR) is 126 cm³/mol. The van der Waals surface area contributed by atoms with Crippen molar-refractivity contribution in [2.45, 2.75) is 19.8 Å². The number of likely N-dealkylation sites (tertiary alicyclic amines) is 1. The maximum Gasteiger partial charge on any atom is 0.241 e. The van der Waals surface area contributed by atoms with Gasteiger partial charge in [-0.2, -0.15) is 0 Å². The van der Waals surface area contributed by atoms with Gasteiger partial charge in [-0.05, 0) is 37.1 Å². The summed E-state index contributed by atoms with van der Waals surface area (Å²) in [6.07, 6.45) is 5.02. The van der Waals surface area contributed by atoms with E-state index in [1.54, 1.807) is 49.3 Å². The second-order valence-electron chi connectivity index (χ2n) is 8.11. The Hall–Kier alpha value is -3.68. The van der Waals surface area contributed by atoms with Gasteiger partial charge in [-0.25, -0.2) is 14.1 Å². The summed E-state index contributed by atoms with van der Waals surface area (Å²) in [6, 6.07) is 10.4. The minimum absolute atomic E-state index is 0.0941. The molecule has 1 fully saturated rings. The lowest BCUT2D eigenvalue weighted by Gasteiger charge is -2.32. The van der Waals surface area contributed by atoms with Crippen molar-refractivity contribution < 1.29 is 13.9 Å². The summed E-state index contributed by atoms with van der Waals surface area (Å²) in [5.74, 6) is 0.351. The number of pyridine rings is 1. The molecular formula is C25H28FN5O2. The summed E-state index contributed by atoms with van der Waals surface area (Å²) in [7, 11) is 3.41. The molecule has 7 nitrogen and oxygen atoms in total. The van der Waals surface area contributed by atoms with Crippen LogP contribution in [0.1, 0.15) is 25.5 Å². The van der Waals surface area contributed by atoms with Crippen LogP contribution in [0.3, 0.4) is 0 Å². The Morgan fingerprint density at radius 1 is 1.18 bits per heavy atom.